The minimum absolute atomic E-state index is 0.0349. The van der Waals surface area contributed by atoms with E-state index in [1.165, 1.54) is 0 Å². The fraction of sp³-hybridized carbons (Fsp3) is 0.500. The summed E-state index contributed by atoms with van der Waals surface area (Å²) in [5.41, 5.74) is 6.40. The maximum Gasteiger partial charge on any atom is 0.139 e. The Kier molecular flexibility index (Phi) is 2.95. The molecule has 1 atom stereocenters. The Morgan fingerprint density at radius 1 is 1.47 bits per heavy atom. The summed E-state index contributed by atoms with van der Waals surface area (Å²) < 4.78 is 11.4. The van der Waals surface area contributed by atoms with Crippen LogP contribution in [0.5, 0.6) is 0 Å². The van der Waals surface area contributed by atoms with E-state index >= 15 is 0 Å². The molecule has 0 saturated carbocycles. The molecule has 3 rings (SSSR count). The first-order valence-corrected chi connectivity index (χ1v) is 6.54. The van der Waals surface area contributed by atoms with Gasteiger partial charge in [-0.05, 0) is 26.0 Å². The molecular formula is C14H19N3O2. The van der Waals surface area contributed by atoms with Crippen molar-refractivity contribution < 1.29 is 9.15 Å². The first-order valence-electron chi connectivity index (χ1n) is 6.54. The number of pyridine rings is 1. The summed E-state index contributed by atoms with van der Waals surface area (Å²) in [6.45, 7) is 6.23. The van der Waals surface area contributed by atoms with E-state index in [0.29, 0.717) is 6.54 Å². The van der Waals surface area contributed by atoms with Crippen molar-refractivity contribution in [2.75, 3.05) is 24.5 Å². The number of nitrogens with two attached hydrogens (primary N) is 1. The second kappa shape index (κ2) is 4.51. The number of furan rings is 1. The normalized spacial score (nSPS) is 22.9. The summed E-state index contributed by atoms with van der Waals surface area (Å²) in [5, 5.41) is 1.04. The zero-order chi connectivity index (χ0) is 13.5. The third-order valence-electron chi connectivity index (χ3n) is 3.40. The van der Waals surface area contributed by atoms with Crippen LogP contribution in [0.1, 0.15) is 13.8 Å². The molecule has 2 aromatic heterocycles. The van der Waals surface area contributed by atoms with Crippen molar-refractivity contribution in [1.82, 2.24) is 4.98 Å². The van der Waals surface area contributed by atoms with E-state index in [1.54, 1.807) is 12.5 Å². The Bertz CT molecular complexity index is 579. The van der Waals surface area contributed by atoms with E-state index in [1.807, 2.05) is 12.1 Å². The first-order chi connectivity index (χ1) is 9.09. The van der Waals surface area contributed by atoms with Crippen LogP contribution in [0.3, 0.4) is 0 Å². The second-order valence-electron chi connectivity index (χ2n) is 5.58. The molecule has 102 valence electrons. The van der Waals surface area contributed by atoms with Gasteiger partial charge >= 0.3 is 0 Å². The molecule has 1 fully saturated rings. The highest BCUT2D eigenvalue weighted by Gasteiger charge is 2.34. The highest BCUT2D eigenvalue weighted by atomic mass is 16.5. The van der Waals surface area contributed by atoms with Gasteiger partial charge in [0, 0.05) is 25.8 Å². The molecule has 0 bridgehead atoms. The molecule has 1 saturated heterocycles. The number of aromatic nitrogens is 1. The number of morpholine rings is 1. The predicted molar refractivity (Wildman–Crippen MR) is 74.2 cm³/mol. The van der Waals surface area contributed by atoms with E-state index in [-0.39, 0.29) is 11.7 Å². The van der Waals surface area contributed by atoms with Crippen LogP contribution in [-0.2, 0) is 4.74 Å². The van der Waals surface area contributed by atoms with Crippen molar-refractivity contribution in [3.05, 3.63) is 24.6 Å². The number of anilines is 1. The average Bonchev–Trinajstić information content (AvgIpc) is 2.84. The van der Waals surface area contributed by atoms with Crippen LogP contribution in [-0.4, -0.2) is 36.3 Å². The van der Waals surface area contributed by atoms with Crippen LogP contribution in [0.25, 0.3) is 11.0 Å². The summed E-state index contributed by atoms with van der Waals surface area (Å²) in [6.07, 6.45) is 3.51. The minimum Gasteiger partial charge on any atom is -0.464 e. The van der Waals surface area contributed by atoms with Gasteiger partial charge in [-0.3, -0.25) is 0 Å². The number of fused-ring (bicyclic) bond motifs is 1. The summed E-state index contributed by atoms with van der Waals surface area (Å²) in [7, 11) is 0. The first kappa shape index (κ1) is 12.4. The van der Waals surface area contributed by atoms with Gasteiger partial charge in [0.05, 0.1) is 23.4 Å². The van der Waals surface area contributed by atoms with Gasteiger partial charge in [-0.2, -0.15) is 0 Å². The van der Waals surface area contributed by atoms with Crippen LogP contribution in [0, 0.1) is 0 Å². The Balaban J connectivity index is 1.98. The van der Waals surface area contributed by atoms with E-state index in [2.05, 4.69) is 23.7 Å². The standard InChI is InChI=1S/C14H19N3O2/c1-14(2)9-17(8-10(7-15)19-14)13-11-4-6-18-12(11)3-5-16-13/h3-6,10H,7-9,15H2,1-2H3. The van der Waals surface area contributed by atoms with E-state index in [9.17, 15) is 0 Å². The lowest BCUT2D eigenvalue weighted by molar-refractivity contribution is -0.0789. The molecule has 1 aliphatic heterocycles. The Morgan fingerprint density at radius 3 is 3.11 bits per heavy atom. The Hall–Kier alpha value is -1.59. The molecule has 0 radical (unpaired) electrons. The van der Waals surface area contributed by atoms with E-state index in [0.717, 1.165) is 29.9 Å². The van der Waals surface area contributed by atoms with Gasteiger partial charge in [-0.15, -0.1) is 0 Å². The quantitative estimate of drug-likeness (QED) is 0.892. The number of hydrogen-bond donors (Lipinski definition) is 1. The third kappa shape index (κ3) is 2.31. The number of ether oxygens (including phenoxy) is 1. The smallest absolute Gasteiger partial charge is 0.139 e. The number of nitrogens with zero attached hydrogens (tertiary/aromatic N) is 2. The monoisotopic (exact) mass is 261 g/mol. The zero-order valence-corrected chi connectivity index (χ0v) is 11.3. The SMILES string of the molecule is CC1(C)CN(c2nccc3occc23)CC(CN)O1. The molecular weight excluding hydrogens is 242 g/mol. The van der Waals surface area contributed by atoms with Crippen LogP contribution in [0.4, 0.5) is 5.82 Å². The molecule has 2 N–H and O–H groups in total. The lowest BCUT2D eigenvalue weighted by Gasteiger charge is -2.43. The van der Waals surface area contributed by atoms with Gasteiger partial charge in [0.15, 0.2) is 0 Å². The molecule has 3 heterocycles. The lowest BCUT2D eigenvalue weighted by atomic mass is 10.0. The second-order valence-corrected chi connectivity index (χ2v) is 5.58. The highest BCUT2D eigenvalue weighted by Crippen LogP contribution is 2.30. The van der Waals surface area contributed by atoms with Gasteiger partial charge in [0.2, 0.25) is 0 Å². The summed E-state index contributed by atoms with van der Waals surface area (Å²) in [4.78, 5) is 6.74. The number of hydrogen-bond acceptors (Lipinski definition) is 5. The van der Waals surface area contributed by atoms with Crippen molar-refractivity contribution in [1.29, 1.82) is 0 Å². The maximum atomic E-state index is 5.95. The van der Waals surface area contributed by atoms with Crippen LogP contribution >= 0.6 is 0 Å². The Labute approximate surface area is 112 Å². The van der Waals surface area contributed by atoms with Crippen LogP contribution in [0.15, 0.2) is 29.0 Å². The Morgan fingerprint density at radius 2 is 2.32 bits per heavy atom. The molecule has 1 unspecified atom stereocenters. The molecule has 19 heavy (non-hydrogen) atoms. The zero-order valence-electron chi connectivity index (χ0n) is 11.3. The van der Waals surface area contributed by atoms with Crippen molar-refractivity contribution in [3.63, 3.8) is 0 Å². The molecule has 0 amide bonds. The molecule has 0 aromatic carbocycles. The summed E-state index contributed by atoms with van der Waals surface area (Å²) >= 11 is 0. The van der Waals surface area contributed by atoms with Crippen molar-refractivity contribution in [3.8, 4) is 0 Å². The van der Waals surface area contributed by atoms with Crippen LogP contribution < -0.4 is 10.6 Å². The predicted octanol–water partition coefficient (Wildman–Crippen LogP) is 1.77. The molecule has 5 heteroatoms. The summed E-state index contributed by atoms with van der Waals surface area (Å²) in [6, 6.07) is 3.84. The molecule has 0 aliphatic carbocycles. The average molecular weight is 261 g/mol. The van der Waals surface area contributed by atoms with Gasteiger partial charge in [0.25, 0.3) is 0 Å². The molecule has 5 nitrogen and oxygen atoms in total. The van der Waals surface area contributed by atoms with Gasteiger partial charge in [-0.25, -0.2) is 4.98 Å². The van der Waals surface area contributed by atoms with E-state index in [4.69, 9.17) is 14.9 Å². The largest absolute Gasteiger partial charge is 0.464 e. The fourth-order valence-corrected chi connectivity index (χ4v) is 2.71. The van der Waals surface area contributed by atoms with Crippen molar-refractivity contribution in [2.24, 2.45) is 5.73 Å². The third-order valence-corrected chi connectivity index (χ3v) is 3.40. The van der Waals surface area contributed by atoms with Crippen molar-refractivity contribution in [2.45, 2.75) is 25.6 Å². The van der Waals surface area contributed by atoms with Gasteiger partial charge in [-0.1, -0.05) is 0 Å². The summed E-state index contributed by atoms with van der Waals surface area (Å²) in [5.74, 6) is 0.945. The minimum atomic E-state index is -0.226. The van der Waals surface area contributed by atoms with Crippen molar-refractivity contribution >= 4 is 16.8 Å². The van der Waals surface area contributed by atoms with E-state index < -0.39 is 0 Å². The molecule has 1 aliphatic rings. The van der Waals surface area contributed by atoms with Gasteiger partial charge < -0.3 is 19.8 Å². The lowest BCUT2D eigenvalue weighted by Crippen LogP contribution is -2.55. The highest BCUT2D eigenvalue weighted by molar-refractivity contribution is 5.88. The topological polar surface area (TPSA) is 64.5 Å². The molecule has 2 aromatic rings. The number of rotatable bonds is 2. The van der Waals surface area contributed by atoms with Crippen LogP contribution in [0.2, 0.25) is 0 Å². The maximum absolute atomic E-state index is 5.95. The molecule has 0 spiro atoms. The van der Waals surface area contributed by atoms with Gasteiger partial charge in [0.1, 0.15) is 11.4 Å². The fourth-order valence-electron chi connectivity index (χ4n) is 2.71.